The van der Waals surface area contributed by atoms with Gasteiger partial charge < -0.3 is 5.32 Å². The first-order chi connectivity index (χ1) is 7.74. The van der Waals surface area contributed by atoms with Gasteiger partial charge in [0.25, 0.3) is 0 Å². The molecule has 2 rings (SSSR count). The van der Waals surface area contributed by atoms with E-state index in [4.69, 9.17) is 0 Å². The Morgan fingerprint density at radius 1 is 1.50 bits per heavy atom. The molecule has 5 heteroatoms. The summed E-state index contributed by atoms with van der Waals surface area (Å²) in [6.07, 6.45) is 2.91. The van der Waals surface area contributed by atoms with Gasteiger partial charge in [-0.1, -0.05) is 12.1 Å². The molecule has 0 spiro atoms. The highest BCUT2D eigenvalue weighted by atomic mass is 16.2. The number of anilines is 1. The molecule has 0 radical (unpaired) electrons. The van der Waals surface area contributed by atoms with Crippen molar-refractivity contribution in [3.05, 3.63) is 42.5 Å². The minimum atomic E-state index is -0.115. The summed E-state index contributed by atoms with van der Waals surface area (Å²) in [6, 6.07) is 7.65. The number of hydrogen-bond acceptors (Lipinski definition) is 3. The lowest BCUT2D eigenvalue weighted by Gasteiger charge is -2.05. The molecule has 1 heterocycles. The largest absolute Gasteiger partial charge is 0.324 e. The van der Waals surface area contributed by atoms with E-state index in [9.17, 15) is 4.79 Å². The highest BCUT2D eigenvalue weighted by molar-refractivity contribution is 5.90. The van der Waals surface area contributed by atoms with E-state index >= 15 is 0 Å². The number of aromatic nitrogens is 3. The van der Waals surface area contributed by atoms with Gasteiger partial charge in [-0.15, -0.1) is 0 Å². The Balaban J connectivity index is 1.97. The zero-order valence-corrected chi connectivity index (χ0v) is 8.92. The summed E-state index contributed by atoms with van der Waals surface area (Å²) in [4.78, 5) is 15.4. The van der Waals surface area contributed by atoms with Crippen molar-refractivity contribution in [1.29, 1.82) is 0 Å². The van der Waals surface area contributed by atoms with Crippen molar-refractivity contribution < 1.29 is 4.79 Å². The van der Waals surface area contributed by atoms with E-state index < -0.39 is 0 Å². The van der Waals surface area contributed by atoms with Crippen LogP contribution in [0.5, 0.6) is 0 Å². The van der Waals surface area contributed by atoms with Crippen LogP contribution in [0, 0.1) is 6.92 Å². The standard InChI is InChI=1S/C11H12N4O/c1-9-3-2-4-10(5-9)14-11(16)6-15-8-12-7-13-15/h2-5,7-8H,6H2,1H3,(H,14,16). The fourth-order valence-corrected chi connectivity index (χ4v) is 1.38. The molecule has 0 fully saturated rings. The van der Waals surface area contributed by atoms with Gasteiger partial charge in [-0.3, -0.25) is 4.79 Å². The Morgan fingerprint density at radius 2 is 2.38 bits per heavy atom. The SMILES string of the molecule is Cc1cccc(NC(=O)Cn2cncn2)c1. The number of aryl methyl sites for hydroxylation is 1. The smallest absolute Gasteiger partial charge is 0.246 e. The third kappa shape index (κ3) is 2.66. The van der Waals surface area contributed by atoms with Gasteiger partial charge in [-0.25, -0.2) is 9.67 Å². The van der Waals surface area contributed by atoms with Gasteiger partial charge in [0.1, 0.15) is 19.2 Å². The topological polar surface area (TPSA) is 59.8 Å². The lowest BCUT2D eigenvalue weighted by Crippen LogP contribution is -2.18. The lowest BCUT2D eigenvalue weighted by molar-refractivity contribution is -0.116. The van der Waals surface area contributed by atoms with Crippen LogP contribution in [-0.2, 0) is 11.3 Å². The van der Waals surface area contributed by atoms with E-state index in [1.807, 2.05) is 31.2 Å². The second-order valence-electron chi connectivity index (χ2n) is 3.51. The average molecular weight is 216 g/mol. The third-order valence-electron chi connectivity index (χ3n) is 2.07. The van der Waals surface area contributed by atoms with Crippen molar-refractivity contribution in [2.24, 2.45) is 0 Å². The Bertz CT molecular complexity index is 478. The molecule has 1 aromatic heterocycles. The fraction of sp³-hybridized carbons (Fsp3) is 0.182. The number of amides is 1. The van der Waals surface area contributed by atoms with Crippen LogP contribution >= 0.6 is 0 Å². The molecule has 0 atom stereocenters. The molecule has 1 N–H and O–H groups in total. The Labute approximate surface area is 93.1 Å². The predicted octanol–water partition coefficient (Wildman–Crippen LogP) is 1.23. The van der Waals surface area contributed by atoms with E-state index in [-0.39, 0.29) is 12.5 Å². The number of benzene rings is 1. The second-order valence-corrected chi connectivity index (χ2v) is 3.51. The number of nitrogens with zero attached hydrogens (tertiary/aromatic N) is 3. The molecule has 2 aromatic rings. The zero-order valence-electron chi connectivity index (χ0n) is 8.92. The maximum absolute atomic E-state index is 11.6. The van der Waals surface area contributed by atoms with Gasteiger partial charge in [-0.2, -0.15) is 5.10 Å². The highest BCUT2D eigenvalue weighted by Crippen LogP contribution is 2.09. The van der Waals surface area contributed by atoms with E-state index in [0.29, 0.717) is 0 Å². The van der Waals surface area contributed by atoms with Crippen LogP contribution in [-0.4, -0.2) is 20.7 Å². The molecule has 0 aliphatic rings. The van der Waals surface area contributed by atoms with Crippen LogP contribution in [0.4, 0.5) is 5.69 Å². The van der Waals surface area contributed by atoms with Gasteiger partial charge in [0, 0.05) is 5.69 Å². The van der Waals surface area contributed by atoms with Crippen molar-refractivity contribution in [2.75, 3.05) is 5.32 Å². The monoisotopic (exact) mass is 216 g/mol. The minimum Gasteiger partial charge on any atom is -0.324 e. The Morgan fingerprint density at radius 3 is 3.06 bits per heavy atom. The van der Waals surface area contributed by atoms with Crippen molar-refractivity contribution in [3.63, 3.8) is 0 Å². The van der Waals surface area contributed by atoms with Crippen LogP contribution < -0.4 is 5.32 Å². The maximum Gasteiger partial charge on any atom is 0.246 e. The molecule has 16 heavy (non-hydrogen) atoms. The first-order valence-corrected chi connectivity index (χ1v) is 4.93. The Hall–Kier alpha value is -2.17. The average Bonchev–Trinajstić information content (AvgIpc) is 2.70. The van der Waals surface area contributed by atoms with Crippen molar-refractivity contribution in [1.82, 2.24) is 14.8 Å². The molecule has 1 aromatic carbocycles. The molecule has 0 bridgehead atoms. The number of nitrogens with one attached hydrogen (secondary N) is 1. The predicted molar refractivity (Wildman–Crippen MR) is 59.8 cm³/mol. The zero-order chi connectivity index (χ0) is 11.4. The number of carbonyl (C=O) groups is 1. The van der Waals surface area contributed by atoms with Gasteiger partial charge in [0.15, 0.2) is 0 Å². The highest BCUT2D eigenvalue weighted by Gasteiger charge is 2.03. The molecule has 1 amide bonds. The molecule has 0 unspecified atom stereocenters. The van der Waals surface area contributed by atoms with Crippen LogP contribution in [0.3, 0.4) is 0 Å². The van der Waals surface area contributed by atoms with Crippen LogP contribution in [0.1, 0.15) is 5.56 Å². The quantitative estimate of drug-likeness (QED) is 0.839. The maximum atomic E-state index is 11.6. The molecule has 0 aliphatic heterocycles. The molecule has 5 nitrogen and oxygen atoms in total. The summed E-state index contributed by atoms with van der Waals surface area (Å²) in [5, 5.41) is 6.65. The normalized spacial score (nSPS) is 10.1. The fourth-order valence-electron chi connectivity index (χ4n) is 1.38. The van der Waals surface area contributed by atoms with Gasteiger partial charge >= 0.3 is 0 Å². The number of rotatable bonds is 3. The van der Waals surface area contributed by atoms with E-state index in [2.05, 4.69) is 15.4 Å². The van der Waals surface area contributed by atoms with Crippen molar-refractivity contribution in [3.8, 4) is 0 Å². The number of carbonyl (C=O) groups excluding carboxylic acids is 1. The van der Waals surface area contributed by atoms with Crippen LogP contribution in [0.2, 0.25) is 0 Å². The van der Waals surface area contributed by atoms with Crippen molar-refractivity contribution in [2.45, 2.75) is 13.5 Å². The van der Waals surface area contributed by atoms with Crippen LogP contribution in [0.25, 0.3) is 0 Å². The summed E-state index contributed by atoms with van der Waals surface area (Å²) in [5.74, 6) is -0.115. The van der Waals surface area contributed by atoms with Gasteiger partial charge in [0.2, 0.25) is 5.91 Å². The molecule has 0 saturated carbocycles. The van der Waals surface area contributed by atoms with Crippen molar-refractivity contribution >= 4 is 11.6 Å². The number of hydrogen-bond donors (Lipinski definition) is 1. The molecular formula is C11H12N4O. The summed E-state index contributed by atoms with van der Waals surface area (Å²) in [7, 11) is 0. The van der Waals surface area contributed by atoms with E-state index in [0.717, 1.165) is 11.3 Å². The van der Waals surface area contributed by atoms with Crippen LogP contribution in [0.15, 0.2) is 36.9 Å². The van der Waals surface area contributed by atoms with Gasteiger partial charge in [-0.05, 0) is 24.6 Å². The molecule has 0 aliphatic carbocycles. The van der Waals surface area contributed by atoms with E-state index in [1.165, 1.54) is 17.3 Å². The second kappa shape index (κ2) is 4.57. The van der Waals surface area contributed by atoms with Gasteiger partial charge in [0.05, 0.1) is 0 Å². The molecule has 0 saturated heterocycles. The third-order valence-corrected chi connectivity index (χ3v) is 2.07. The molecular weight excluding hydrogens is 204 g/mol. The summed E-state index contributed by atoms with van der Waals surface area (Å²) in [6.45, 7) is 2.15. The first kappa shape index (κ1) is 10.4. The summed E-state index contributed by atoms with van der Waals surface area (Å²) >= 11 is 0. The summed E-state index contributed by atoms with van der Waals surface area (Å²) in [5.41, 5.74) is 1.91. The molecule has 82 valence electrons. The Kier molecular flexibility index (Phi) is 2.95. The van der Waals surface area contributed by atoms with E-state index in [1.54, 1.807) is 0 Å². The first-order valence-electron chi connectivity index (χ1n) is 4.93. The summed E-state index contributed by atoms with van der Waals surface area (Å²) < 4.78 is 1.48. The minimum absolute atomic E-state index is 0.115. The lowest BCUT2D eigenvalue weighted by atomic mass is 10.2.